The molecule has 0 aliphatic carbocycles. The molecule has 5 N–H and O–H groups in total. The second-order valence-electron chi connectivity index (χ2n) is 2.52. The molecule has 3 nitrogen and oxygen atoms in total. The summed E-state index contributed by atoms with van der Waals surface area (Å²) in [4.78, 5) is 3.02. The van der Waals surface area contributed by atoms with Crippen LogP contribution in [0.3, 0.4) is 0 Å². The molecule has 0 bridgehead atoms. The molecule has 56 valence electrons. The average molecular weight is 158 g/mol. The van der Waals surface area contributed by atoms with Gasteiger partial charge in [-0.25, -0.2) is 4.98 Å². The molecular weight excluding hydrogens is 146 g/mol. The Morgan fingerprint density at radius 1 is 1.40 bits per heavy atom. The number of nitrogens with one attached hydrogen (secondary N) is 1. The quantitative estimate of drug-likeness (QED) is 0.636. The molecule has 0 unspecified atom stereocenters. The number of aromatic amines is 1. The van der Waals surface area contributed by atoms with Crippen molar-refractivity contribution in [3.63, 3.8) is 0 Å². The van der Waals surface area contributed by atoms with Crippen molar-refractivity contribution >= 4 is 21.5 Å². The first kappa shape index (κ1) is 7.34. The number of nitrogens with two attached hydrogens (primary N) is 2. The van der Waals surface area contributed by atoms with E-state index >= 15 is 0 Å². The Hall–Kier alpha value is -0.770. The third-order valence-corrected chi connectivity index (χ3v) is 2.08. The van der Waals surface area contributed by atoms with Crippen molar-refractivity contribution < 1.29 is 4.98 Å². The van der Waals surface area contributed by atoms with Gasteiger partial charge in [0.15, 0.2) is 0 Å². The first-order chi connectivity index (χ1) is 4.61. The molecule has 0 aromatic carbocycles. The molecule has 0 saturated heterocycles. The van der Waals surface area contributed by atoms with E-state index in [1.165, 1.54) is 11.3 Å². The molecule has 0 fully saturated rings. The van der Waals surface area contributed by atoms with E-state index < -0.39 is 0 Å². The Morgan fingerprint density at radius 2 is 2.00 bits per heavy atom. The predicted molar refractivity (Wildman–Crippen MR) is 43.8 cm³/mol. The normalized spacial score (nSPS) is 10.7. The number of anilines is 2. The zero-order valence-corrected chi connectivity index (χ0v) is 6.96. The molecule has 0 aliphatic rings. The Balaban J connectivity index is 3.03. The lowest BCUT2D eigenvalue weighted by atomic mass is 10.1. The summed E-state index contributed by atoms with van der Waals surface area (Å²) in [6.45, 7) is 4.16. The summed E-state index contributed by atoms with van der Waals surface area (Å²) in [7, 11) is 0. The van der Waals surface area contributed by atoms with Crippen LogP contribution in [-0.2, 0) is 0 Å². The van der Waals surface area contributed by atoms with Gasteiger partial charge in [0.1, 0.15) is 10.7 Å². The Bertz CT molecular complexity index is 229. The van der Waals surface area contributed by atoms with Crippen molar-refractivity contribution in [2.24, 2.45) is 0 Å². The third kappa shape index (κ3) is 1.21. The largest absolute Gasteiger partial charge is 0.387 e. The van der Waals surface area contributed by atoms with Crippen LogP contribution < -0.4 is 16.5 Å². The zero-order valence-electron chi connectivity index (χ0n) is 6.14. The average Bonchev–Trinajstić information content (AvgIpc) is 2.10. The summed E-state index contributed by atoms with van der Waals surface area (Å²) in [5, 5.41) is 1.48. The SMILES string of the molecule is CC(C)c1[nH+]c(N)sc1N. The summed E-state index contributed by atoms with van der Waals surface area (Å²) in [5.74, 6) is 0.425. The van der Waals surface area contributed by atoms with Gasteiger partial charge in [-0.1, -0.05) is 13.8 Å². The highest BCUT2D eigenvalue weighted by Gasteiger charge is 2.13. The number of H-pyrrole nitrogens is 1. The molecule has 1 aromatic heterocycles. The van der Waals surface area contributed by atoms with Gasteiger partial charge in [-0.05, 0) is 11.3 Å². The second-order valence-corrected chi connectivity index (χ2v) is 3.61. The maximum atomic E-state index is 5.65. The van der Waals surface area contributed by atoms with Gasteiger partial charge in [0.2, 0.25) is 0 Å². The van der Waals surface area contributed by atoms with E-state index in [1.54, 1.807) is 0 Å². The fourth-order valence-corrected chi connectivity index (χ4v) is 1.62. The van der Waals surface area contributed by atoms with E-state index in [9.17, 15) is 0 Å². The molecular formula is C6H12N3S+. The number of thiazole rings is 1. The third-order valence-electron chi connectivity index (χ3n) is 1.32. The van der Waals surface area contributed by atoms with E-state index in [0.29, 0.717) is 11.0 Å². The maximum Gasteiger partial charge on any atom is 0.331 e. The molecule has 0 spiro atoms. The van der Waals surface area contributed by atoms with Crippen LogP contribution in [0.4, 0.5) is 10.1 Å². The van der Waals surface area contributed by atoms with E-state index in [0.717, 1.165) is 10.7 Å². The minimum atomic E-state index is 0.425. The number of aromatic nitrogens is 1. The van der Waals surface area contributed by atoms with Crippen molar-refractivity contribution in [3.8, 4) is 0 Å². The molecule has 1 aromatic rings. The molecule has 0 aliphatic heterocycles. The smallest absolute Gasteiger partial charge is 0.331 e. The Morgan fingerprint density at radius 3 is 2.20 bits per heavy atom. The van der Waals surface area contributed by atoms with E-state index in [1.807, 2.05) is 0 Å². The summed E-state index contributed by atoms with van der Waals surface area (Å²) >= 11 is 1.40. The van der Waals surface area contributed by atoms with Crippen LogP contribution in [0.2, 0.25) is 0 Å². The van der Waals surface area contributed by atoms with Crippen molar-refractivity contribution in [2.75, 3.05) is 11.5 Å². The van der Waals surface area contributed by atoms with E-state index in [2.05, 4.69) is 18.8 Å². The molecule has 1 rings (SSSR count). The summed E-state index contributed by atoms with van der Waals surface area (Å²) < 4.78 is 0. The highest BCUT2D eigenvalue weighted by atomic mass is 32.1. The summed E-state index contributed by atoms with van der Waals surface area (Å²) in [6.07, 6.45) is 0. The lowest BCUT2D eigenvalue weighted by Gasteiger charge is -1.95. The highest BCUT2D eigenvalue weighted by Crippen LogP contribution is 2.24. The molecule has 0 saturated carbocycles. The van der Waals surface area contributed by atoms with Crippen LogP contribution in [-0.4, -0.2) is 0 Å². The standard InChI is InChI=1S/C6H11N3S/c1-3(2)4-5(7)10-6(8)9-4/h3H,7H2,1-2H3,(H2,8,9)/p+1. The van der Waals surface area contributed by atoms with Crippen molar-refractivity contribution in [3.05, 3.63) is 5.69 Å². The summed E-state index contributed by atoms with van der Waals surface area (Å²) in [5.41, 5.74) is 12.2. The van der Waals surface area contributed by atoms with Gasteiger partial charge in [0.05, 0.1) is 0 Å². The Kier molecular flexibility index (Phi) is 1.80. The number of nitrogen functional groups attached to an aromatic ring is 2. The lowest BCUT2D eigenvalue weighted by molar-refractivity contribution is -0.367. The Labute approximate surface area is 64.1 Å². The van der Waals surface area contributed by atoms with Crippen LogP contribution in [0.25, 0.3) is 0 Å². The van der Waals surface area contributed by atoms with Crippen molar-refractivity contribution in [1.29, 1.82) is 0 Å². The van der Waals surface area contributed by atoms with Gasteiger partial charge in [0.25, 0.3) is 0 Å². The van der Waals surface area contributed by atoms with E-state index in [-0.39, 0.29) is 0 Å². The first-order valence-corrected chi connectivity index (χ1v) is 4.00. The van der Waals surface area contributed by atoms with Gasteiger partial charge in [-0.2, -0.15) is 0 Å². The van der Waals surface area contributed by atoms with Crippen LogP contribution in [0.1, 0.15) is 25.5 Å². The zero-order chi connectivity index (χ0) is 7.72. The molecule has 1 heterocycles. The molecule has 4 heteroatoms. The fraction of sp³-hybridized carbons (Fsp3) is 0.500. The predicted octanol–water partition coefficient (Wildman–Crippen LogP) is 0.850. The van der Waals surface area contributed by atoms with Crippen LogP contribution in [0.5, 0.6) is 0 Å². The monoisotopic (exact) mass is 158 g/mol. The maximum absolute atomic E-state index is 5.65. The number of rotatable bonds is 1. The second kappa shape index (κ2) is 2.46. The molecule has 0 radical (unpaired) electrons. The van der Waals surface area contributed by atoms with E-state index in [4.69, 9.17) is 11.5 Å². The highest BCUT2D eigenvalue weighted by molar-refractivity contribution is 7.18. The molecule has 10 heavy (non-hydrogen) atoms. The minimum absolute atomic E-state index is 0.425. The van der Waals surface area contributed by atoms with Crippen LogP contribution >= 0.6 is 11.3 Å². The molecule has 0 amide bonds. The number of hydrogen-bond donors (Lipinski definition) is 2. The minimum Gasteiger partial charge on any atom is -0.387 e. The lowest BCUT2D eigenvalue weighted by Crippen LogP contribution is -2.12. The van der Waals surface area contributed by atoms with Crippen LogP contribution in [0, 0.1) is 0 Å². The molecule has 0 atom stereocenters. The first-order valence-electron chi connectivity index (χ1n) is 3.18. The van der Waals surface area contributed by atoms with Crippen molar-refractivity contribution in [1.82, 2.24) is 0 Å². The van der Waals surface area contributed by atoms with Gasteiger partial charge < -0.3 is 5.73 Å². The topological polar surface area (TPSA) is 66.2 Å². The van der Waals surface area contributed by atoms with Gasteiger partial charge in [-0.3, -0.25) is 5.73 Å². The van der Waals surface area contributed by atoms with Crippen LogP contribution in [0.15, 0.2) is 0 Å². The fourth-order valence-electron chi connectivity index (χ4n) is 0.822. The van der Waals surface area contributed by atoms with Gasteiger partial charge >= 0.3 is 5.13 Å². The van der Waals surface area contributed by atoms with Crippen molar-refractivity contribution in [2.45, 2.75) is 19.8 Å². The van der Waals surface area contributed by atoms with Gasteiger partial charge in [0, 0.05) is 5.92 Å². The number of hydrogen-bond acceptors (Lipinski definition) is 3. The van der Waals surface area contributed by atoms with Gasteiger partial charge in [-0.15, -0.1) is 0 Å². The summed E-state index contributed by atoms with van der Waals surface area (Å²) in [6, 6.07) is 0.